The molecular weight excluding hydrogens is 299 g/mol. The molecule has 1 aromatic carbocycles. The molecule has 2 heterocycles. The van der Waals surface area contributed by atoms with Crippen molar-refractivity contribution in [3.63, 3.8) is 0 Å². The predicted molar refractivity (Wildman–Crippen MR) is 86.1 cm³/mol. The number of nitrogens with one attached hydrogen (secondary N) is 1. The second-order valence-corrected chi connectivity index (χ2v) is 7.07. The maximum Gasteiger partial charge on any atom is 0.224 e. The van der Waals surface area contributed by atoms with Crippen molar-refractivity contribution in [3.05, 3.63) is 57.5 Å². The Morgan fingerprint density at radius 2 is 2.05 bits per heavy atom. The van der Waals surface area contributed by atoms with Gasteiger partial charge in [-0.15, -0.1) is 11.3 Å². The number of benzene rings is 1. The Hall–Kier alpha value is -1.72. The number of carbonyl (C=O) groups is 1. The van der Waals surface area contributed by atoms with E-state index >= 15 is 0 Å². The van der Waals surface area contributed by atoms with Gasteiger partial charge >= 0.3 is 0 Å². The van der Waals surface area contributed by atoms with Crippen molar-refractivity contribution in [1.29, 1.82) is 0 Å². The van der Waals surface area contributed by atoms with Crippen LogP contribution >= 0.6 is 11.3 Å². The zero-order chi connectivity index (χ0) is 15.5. The number of halogens is 1. The van der Waals surface area contributed by atoms with Crippen LogP contribution in [0.4, 0.5) is 4.39 Å². The first kappa shape index (κ1) is 15.2. The summed E-state index contributed by atoms with van der Waals surface area (Å²) in [6, 6.07) is 10.8. The third-order valence-electron chi connectivity index (χ3n) is 3.86. The van der Waals surface area contributed by atoms with Crippen molar-refractivity contribution >= 4 is 17.2 Å². The smallest absolute Gasteiger partial charge is 0.224 e. The quantitative estimate of drug-likeness (QED) is 0.919. The molecule has 2 aromatic rings. The Bertz CT molecular complexity index is 653. The van der Waals surface area contributed by atoms with Crippen LogP contribution < -0.4 is 5.32 Å². The molecule has 1 atom stereocenters. The molecule has 116 valence electrons. The fraction of sp³-hybridized carbons (Fsp3) is 0.353. The van der Waals surface area contributed by atoms with Gasteiger partial charge in [0.05, 0.1) is 0 Å². The van der Waals surface area contributed by atoms with Gasteiger partial charge in [-0.25, -0.2) is 4.39 Å². The predicted octanol–water partition coefficient (Wildman–Crippen LogP) is 3.09. The molecule has 3 rings (SSSR count). The Morgan fingerprint density at radius 3 is 2.73 bits per heavy atom. The number of nitrogens with zero attached hydrogens (tertiary/aromatic N) is 1. The van der Waals surface area contributed by atoms with Crippen LogP contribution in [0.5, 0.6) is 0 Å². The molecule has 1 unspecified atom stereocenters. The molecule has 3 nitrogen and oxygen atoms in total. The molecule has 1 fully saturated rings. The molecule has 1 aliphatic rings. The molecule has 22 heavy (non-hydrogen) atoms. The largest absolute Gasteiger partial charge is 0.337 e. The second-order valence-electron chi connectivity index (χ2n) is 5.70. The molecule has 0 bridgehead atoms. The number of likely N-dealkylation sites (tertiary alicyclic amines) is 1. The standard InChI is InChI=1S/C17H19FN2OS/c1-12-2-7-16(22-12)9-19-15-8-17(21)20(11-15)10-13-3-5-14(18)6-4-13/h2-7,15,19H,8-11H2,1H3. The van der Waals surface area contributed by atoms with Gasteiger partial charge in [-0.3, -0.25) is 4.79 Å². The highest BCUT2D eigenvalue weighted by molar-refractivity contribution is 7.11. The van der Waals surface area contributed by atoms with E-state index in [1.54, 1.807) is 23.5 Å². The molecule has 1 saturated heterocycles. The number of carbonyl (C=O) groups excluding carboxylic acids is 1. The van der Waals surface area contributed by atoms with Gasteiger partial charge in [0.2, 0.25) is 5.91 Å². The summed E-state index contributed by atoms with van der Waals surface area (Å²) in [5.74, 6) is -0.0912. The van der Waals surface area contributed by atoms with E-state index in [1.807, 2.05) is 4.90 Å². The Balaban J connectivity index is 1.53. The van der Waals surface area contributed by atoms with E-state index in [4.69, 9.17) is 0 Å². The number of amides is 1. The van der Waals surface area contributed by atoms with Crippen LogP contribution in [0.15, 0.2) is 36.4 Å². The lowest BCUT2D eigenvalue weighted by molar-refractivity contribution is -0.128. The van der Waals surface area contributed by atoms with Gasteiger partial charge in [-0.1, -0.05) is 12.1 Å². The molecule has 0 saturated carbocycles. The summed E-state index contributed by atoms with van der Waals surface area (Å²) in [6.07, 6.45) is 0.533. The fourth-order valence-electron chi connectivity index (χ4n) is 2.70. The summed E-state index contributed by atoms with van der Waals surface area (Å²) in [7, 11) is 0. The van der Waals surface area contributed by atoms with Crippen LogP contribution in [0.25, 0.3) is 0 Å². The lowest BCUT2D eigenvalue weighted by atomic mass is 10.2. The van der Waals surface area contributed by atoms with E-state index in [0.29, 0.717) is 19.5 Å². The number of hydrogen-bond donors (Lipinski definition) is 1. The molecule has 0 radical (unpaired) electrons. The van der Waals surface area contributed by atoms with Gasteiger partial charge in [-0.2, -0.15) is 0 Å². The van der Waals surface area contributed by atoms with Crippen molar-refractivity contribution < 1.29 is 9.18 Å². The van der Waals surface area contributed by atoms with Gasteiger partial charge in [-0.05, 0) is 36.8 Å². The van der Waals surface area contributed by atoms with Crippen LogP contribution in [-0.2, 0) is 17.9 Å². The number of rotatable bonds is 5. The second kappa shape index (κ2) is 6.58. The molecule has 5 heteroatoms. The summed E-state index contributed by atoms with van der Waals surface area (Å²) in [5.41, 5.74) is 0.962. The summed E-state index contributed by atoms with van der Waals surface area (Å²) in [5, 5.41) is 3.45. The van der Waals surface area contributed by atoms with Gasteiger partial charge in [0.15, 0.2) is 0 Å². The summed E-state index contributed by atoms with van der Waals surface area (Å²) < 4.78 is 12.9. The minimum atomic E-state index is -0.248. The van der Waals surface area contributed by atoms with Gasteiger partial charge in [0.1, 0.15) is 5.82 Å². The maximum atomic E-state index is 12.9. The Morgan fingerprint density at radius 1 is 1.27 bits per heavy atom. The molecule has 1 N–H and O–H groups in total. The first-order valence-corrected chi connectivity index (χ1v) is 8.23. The van der Waals surface area contributed by atoms with Crippen molar-refractivity contribution in [1.82, 2.24) is 10.2 Å². The molecule has 1 aromatic heterocycles. The lowest BCUT2D eigenvalue weighted by Gasteiger charge is -2.17. The zero-order valence-corrected chi connectivity index (χ0v) is 13.3. The monoisotopic (exact) mass is 318 g/mol. The normalized spacial score (nSPS) is 18.2. The van der Waals surface area contributed by atoms with Crippen molar-refractivity contribution in [2.24, 2.45) is 0 Å². The van der Waals surface area contributed by atoms with E-state index < -0.39 is 0 Å². The van der Waals surface area contributed by atoms with Crippen LogP contribution in [0, 0.1) is 12.7 Å². The van der Waals surface area contributed by atoms with Crippen LogP contribution in [0.3, 0.4) is 0 Å². The first-order valence-electron chi connectivity index (χ1n) is 7.41. The van der Waals surface area contributed by atoms with E-state index in [-0.39, 0.29) is 17.8 Å². The van der Waals surface area contributed by atoms with E-state index in [9.17, 15) is 9.18 Å². The third kappa shape index (κ3) is 3.72. The van der Waals surface area contributed by atoms with E-state index in [2.05, 4.69) is 24.4 Å². The summed E-state index contributed by atoms with van der Waals surface area (Å²) >= 11 is 1.78. The van der Waals surface area contributed by atoms with Gasteiger partial charge in [0, 0.05) is 41.9 Å². The number of aryl methyl sites for hydroxylation is 1. The highest BCUT2D eigenvalue weighted by atomic mass is 32.1. The maximum absolute atomic E-state index is 12.9. The summed E-state index contributed by atoms with van der Waals surface area (Å²) in [6.45, 7) is 4.16. The molecular formula is C17H19FN2OS. The molecule has 1 aliphatic heterocycles. The van der Waals surface area contributed by atoms with Crippen LogP contribution in [0.1, 0.15) is 21.7 Å². The number of hydrogen-bond acceptors (Lipinski definition) is 3. The van der Waals surface area contributed by atoms with Crippen LogP contribution in [0.2, 0.25) is 0 Å². The minimum absolute atomic E-state index is 0.157. The average Bonchev–Trinajstić information content (AvgIpc) is 3.06. The average molecular weight is 318 g/mol. The molecule has 0 spiro atoms. The zero-order valence-electron chi connectivity index (χ0n) is 12.5. The van der Waals surface area contributed by atoms with Gasteiger partial charge in [0.25, 0.3) is 0 Å². The Kier molecular flexibility index (Phi) is 4.55. The van der Waals surface area contributed by atoms with E-state index in [0.717, 1.165) is 12.1 Å². The highest BCUT2D eigenvalue weighted by Gasteiger charge is 2.29. The highest BCUT2D eigenvalue weighted by Crippen LogP contribution is 2.18. The molecule has 0 aliphatic carbocycles. The summed E-state index contributed by atoms with van der Waals surface area (Å²) in [4.78, 5) is 16.5. The fourth-order valence-corrected chi connectivity index (χ4v) is 3.54. The van der Waals surface area contributed by atoms with Crippen molar-refractivity contribution in [2.75, 3.05) is 6.54 Å². The third-order valence-corrected chi connectivity index (χ3v) is 4.86. The number of thiophene rings is 1. The minimum Gasteiger partial charge on any atom is -0.337 e. The van der Waals surface area contributed by atoms with Crippen LogP contribution in [-0.4, -0.2) is 23.4 Å². The molecule has 1 amide bonds. The van der Waals surface area contributed by atoms with Gasteiger partial charge < -0.3 is 10.2 Å². The van der Waals surface area contributed by atoms with Crippen molar-refractivity contribution in [3.8, 4) is 0 Å². The Labute approximate surface area is 133 Å². The first-order chi connectivity index (χ1) is 10.6. The topological polar surface area (TPSA) is 32.3 Å². The lowest BCUT2D eigenvalue weighted by Crippen LogP contribution is -2.32. The SMILES string of the molecule is Cc1ccc(CNC2CC(=O)N(Cc3ccc(F)cc3)C2)s1. The van der Waals surface area contributed by atoms with E-state index in [1.165, 1.54) is 21.9 Å². The van der Waals surface area contributed by atoms with Crippen molar-refractivity contribution in [2.45, 2.75) is 32.5 Å².